The van der Waals surface area contributed by atoms with E-state index in [1.165, 1.54) is 0 Å². The zero-order chi connectivity index (χ0) is 19.2. The summed E-state index contributed by atoms with van der Waals surface area (Å²) in [5.74, 6) is 0.220. The lowest BCUT2D eigenvalue weighted by atomic mass is 10.1. The first-order chi connectivity index (χ1) is 13.0. The molecular weight excluding hydrogens is 364 g/mol. The van der Waals surface area contributed by atoms with E-state index in [2.05, 4.69) is 20.6 Å². The lowest BCUT2D eigenvalue weighted by Crippen LogP contribution is -2.30. The van der Waals surface area contributed by atoms with E-state index < -0.39 is 6.10 Å². The Morgan fingerprint density at radius 2 is 1.81 bits per heavy atom. The van der Waals surface area contributed by atoms with E-state index in [-0.39, 0.29) is 12.5 Å². The molecule has 1 unspecified atom stereocenters. The molecule has 0 spiro atoms. The van der Waals surface area contributed by atoms with Crippen LogP contribution in [0.1, 0.15) is 17.3 Å². The van der Waals surface area contributed by atoms with Crippen LogP contribution >= 0.6 is 11.6 Å². The van der Waals surface area contributed by atoms with Gasteiger partial charge in [-0.25, -0.2) is 9.97 Å². The van der Waals surface area contributed by atoms with E-state index in [4.69, 9.17) is 11.6 Å². The van der Waals surface area contributed by atoms with Gasteiger partial charge >= 0.3 is 0 Å². The molecule has 0 saturated carbocycles. The zero-order valence-electron chi connectivity index (χ0n) is 14.7. The van der Waals surface area contributed by atoms with Crippen LogP contribution in [-0.4, -0.2) is 33.6 Å². The molecule has 3 rings (SSSR count). The molecule has 27 heavy (non-hydrogen) atoms. The summed E-state index contributed by atoms with van der Waals surface area (Å²) in [4.78, 5) is 20.7. The predicted molar refractivity (Wildman–Crippen MR) is 106 cm³/mol. The number of aromatic nitrogens is 2. The highest BCUT2D eigenvalue weighted by molar-refractivity contribution is 6.30. The van der Waals surface area contributed by atoms with Crippen molar-refractivity contribution in [1.82, 2.24) is 15.3 Å². The van der Waals surface area contributed by atoms with Crippen molar-refractivity contribution in [3.05, 3.63) is 71.4 Å². The maximum Gasteiger partial charge on any atom is 0.251 e. The van der Waals surface area contributed by atoms with Gasteiger partial charge in [0.15, 0.2) is 0 Å². The first-order valence-corrected chi connectivity index (χ1v) is 8.81. The maximum absolute atomic E-state index is 12.0. The molecule has 138 valence electrons. The van der Waals surface area contributed by atoms with Crippen molar-refractivity contribution in [2.24, 2.45) is 0 Å². The molecule has 2 aromatic carbocycles. The highest BCUT2D eigenvalue weighted by atomic mass is 35.5. The monoisotopic (exact) mass is 382 g/mol. The largest absolute Gasteiger partial charge is 0.392 e. The second-order valence-electron chi connectivity index (χ2n) is 6.03. The molecule has 7 heteroatoms. The number of nitrogens with zero attached hydrogens (tertiary/aromatic N) is 2. The lowest BCUT2D eigenvalue weighted by molar-refractivity contribution is 0.0924. The Kier molecular flexibility index (Phi) is 6.01. The highest BCUT2D eigenvalue weighted by Gasteiger charge is 2.07. The SMILES string of the molecule is CC(O)CNC(=O)c1ccc(Nc2nccc(-c3ccc(Cl)cc3)n2)cc1. The highest BCUT2D eigenvalue weighted by Crippen LogP contribution is 2.21. The molecule has 0 saturated heterocycles. The standard InChI is InChI=1S/C20H19ClN4O2/c1-13(26)12-23-19(27)15-4-8-17(9-5-15)24-20-22-11-10-18(25-20)14-2-6-16(21)7-3-14/h2-11,13,26H,12H2,1H3,(H,23,27)(H,22,24,25). The number of amides is 1. The summed E-state index contributed by atoms with van der Waals surface area (Å²) in [7, 11) is 0. The van der Waals surface area contributed by atoms with Crippen LogP contribution in [0.5, 0.6) is 0 Å². The number of rotatable bonds is 6. The Morgan fingerprint density at radius 3 is 2.48 bits per heavy atom. The molecule has 1 amide bonds. The third kappa shape index (κ3) is 5.26. The minimum atomic E-state index is -0.583. The Hall–Kier alpha value is -2.96. The van der Waals surface area contributed by atoms with Crippen LogP contribution in [0.2, 0.25) is 5.02 Å². The van der Waals surface area contributed by atoms with Crippen molar-refractivity contribution in [3.8, 4) is 11.3 Å². The van der Waals surface area contributed by atoms with Gasteiger partial charge in [-0.15, -0.1) is 0 Å². The number of nitrogens with one attached hydrogen (secondary N) is 2. The van der Waals surface area contributed by atoms with Crippen molar-refractivity contribution in [2.45, 2.75) is 13.0 Å². The molecular formula is C20H19ClN4O2. The van der Waals surface area contributed by atoms with Gasteiger partial charge in [-0.05, 0) is 49.4 Å². The molecule has 3 aromatic rings. The number of aliphatic hydroxyl groups is 1. The summed E-state index contributed by atoms with van der Waals surface area (Å²) in [6.07, 6.45) is 1.09. The Morgan fingerprint density at radius 1 is 1.11 bits per heavy atom. The third-order valence-corrected chi connectivity index (χ3v) is 4.01. The van der Waals surface area contributed by atoms with Gasteiger partial charge in [0, 0.05) is 34.6 Å². The number of hydrogen-bond donors (Lipinski definition) is 3. The Bertz CT molecular complexity index is 912. The van der Waals surface area contributed by atoms with Gasteiger partial charge in [0.05, 0.1) is 11.8 Å². The molecule has 1 heterocycles. The zero-order valence-corrected chi connectivity index (χ0v) is 15.4. The second-order valence-corrected chi connectivity index (χ2v) is 6.47. The number of benzene rings is 2. The van der Waals surface area contributed by atoms with E-state index >= 15 is 0 Å². The fourth-order valence-corrected chi connectivity index (χ4v) is 2.50. The first-order valence-electron chi connectivity index (χ1n) is 8.43. The van der Waals surface area contributed by atoms with Crippen molar-refractivity contribution in [1.29, 1.82) is 0 Å². The number of anilines is 2. The molecule has 0 bridgehead atoms. The number of hydrogen-bond acceptors (Lipinski definition) is 5. The average Bonchev–Trinajstić information content (AvgIpc) is 2.67. The summed E-state index contributed by atoms with van der Waals surface area (Å²) in [6.45, 7) is 1.83. The van der Waals surface area contributed by atoms with E-state index in [0.717, 1.165) is 16.9 Å². The molecule has 0 fully saturated rings. The normalized spacial score (nSPS) is 11.7. The molecule has 0 aliphatic carbocycles. The molecule has 0 aliphatic heterocycles. The second kappa shape index (κ2) is 8.62. The minimum Gasteiger partial charge on any atom is -0.392 e. The number of carbonyl (C=O) groups is 1. The van der Waals surface area contributed by atoms with Gasteiger partial charge in [0.25, 0.3) is 5.91 Å². The summed E-state index contributed by atoms with van der Waals surface area (Å²) in [6, 6.07) is 16.2. The molecule has 1 aromatic heterocycles. The van der Waals surface area contributed by atoms with Crippen LogP contribution in [0.3, 0.4) is 0 Å². The Labute approximate surface area is 162 Å². The van der Waals surface area contributed by atoms with Crippen LogP contribution in [0, 0.1) is 0 Å². The number of carbonyl (C=O) groups excluding carboxylic acids is 1. The van der Waals surface area contributed by atoms with Crippen LogP contribution < -0.4 is 10.6 Å². The van der Waals surface area contributed by atoms with Gasteiger partial charge in [0.1, 0.15) is 0 Å². The minimum absolute atomic E-state index is 0.212. The predicted octanol–water partition coefficient (Wildman–Crippen LogP) is 3.65. The van der Waals surface area contributed by atoms with Crippen molar-refractivity contribution in [2.75, 3.05) is 11.9 Å². The first kappa shape index (κ1) is 18.8. The molecule has 1 atom stereocenters. The molecule has 3 N–H and O–H groups in total. The van der Waals surface area contributed by atoms with Crippen molar-refractivity contribution >= 4 is 29.1 Å². The van der Waals surface area contributed by atoms with Crippen LogP contribution in [0.15, 0.2) is 60.8 Å². The van der Waals surface area contributed by atoms with Crippen molar-refractivity contribution in [3.63, 3.8) is 0 Å². The van der Waals surface area contributed by atoms with Gasteiger partial charge in [-0.1, -0.05) is 23.7 Å². The molecule has 0 radical (unpaired) electrons. The summed E-state index contributed by atoms with van der Waals surface area (Å²) >= 11 is 5.92. The Balaban J connectivity index is 1.69. The van der Waals surface area contributed by atoms with Crippen LogP contribution in [0.25, 0.3) is 11.3 Å². The van der Waals surface area contributed by atoms with Crippen molar-refractivity contribution < 1.29 is 9.90 Å². The van der Waals surface area contributed by atoms with Gasteiger partial charge in [0.2, 0.25) is 5.95 Å². The van der Waals surface area contributed by atoms with Gasteiger partial charge in [-0.3, -0.25) is 4.79 Å². The summed E-state index contributed by atoms with van der Waals surface area (Å²) in [5.41, 5.74) is 2.99. The summed E-state index contributed by atoms with van der Waals surface area (Å²) < 4.78 is 0. The van der Waals surface area contributed by atoms with Gasteiger partial charge in [-0.2, -0.15) is 0 Å². The summed E-state index contributed by atoms with van der Waals surface area (Å²) in [5, 5.41) is 15.7. The van der Waals surface area contributed by atoms with Crippen LogP contribution in [0.4, 0.5) is 11.6 Å². The average molecular weight is 383 g/mol. The topological polar surface area (TPSA) is 87.1 Å². The lowest BCUT2D eigenvalue weighted by Gasteiger charge is -2.09. The maximum atomic E-state index is 12.0. The van der Waals surface area contributed by atoms with Gasteiger partial charge < -0.3 is 15.7 Å². The fraction of sp³-hybridized carbons (Fsp3) is 0.150. The smallest absolute Gasteiger partial charge is 0.251 e. The molecule has 0 aliphatic rings. The number of halogens is 1. The van der Waals surface area contributed by atoms with E-state index in [0.29, 0.717) is 16.5 Å². The fourth-order valence-electron chi connectivity index (χ4n) is 2.38. The van der Waals surface area contributed by atoms with E-state index in [9.17, 15) is 9.90 Å². The number of aliphatic hydroxyl groups excluding tert-OH is 1. The van der Waals surface area contributed by atoms with E-state index in [1.54, 1.807) is 37.4 Å². The van der Waals surface area contributed by atoms with E-state index in [1.807, 2.05) is 30.3 Å². The quantitative estimate of drug-likeness (QED) is 0.605. The molecule has 6 nitrogen and oxygen atoms in total. The third-order valence-electron chi connectivity index (χ3n) is 3.76. The van der Waals surface area contributed by atoms with Crippen LogP contribution in [-0.2, 0) is 0 Å².